The Hall–Kier alpha value is -3.26. The van der Waals surface area contributed by atoms with Crippen LogP contribution in [0.4, 0.5) is 5.69 Å². The molecule has 0 saturated carbocycles. The minimum absolute atomic E-state index is 0.125. The summed E-state index contributed by atoms with van der Waals surface area (Å²) in [6, 6.07) is 19.7. The van der Waals surface area contributed by atoms with Crippen LogP contribution in [0.25, 0.3) is 0 Å². The van der Waals surface area contributed by atoms with E-state index in [1.165, 1.54) is 5.56 Å². The summed E-state index contributed by atoms with van der Waals surface area (Å²) in [6.07, 6.45) is 4.90. The summed E-state index contributed by atoms with van der Waals surface area (Å²) in [6.45, 7) is 4.23. The molecule has 0 radical (unpaired) electrons. The topological polar surface area (TPSA) is 65.4 Å². The normalized spacial score (nSPS) is 14.9. The molecule has 5 heteroatoms. The predicted octanol–water partition coefficient (Wildman–Crippen LogP) is 4.39. The molecule has 0 bridgehead atoms. The van der Waals surface area contributed by atoms with Gasteiger partial charge in [0.2, 0.25) is 0 Å². The molecule has 1 aliphatic rings. The Morgan fingerprint density at radius 1 is 1.17 bits per heavy atom. The fraction of sp³-hybridized carbons (Fsp3) is 0.333. The zero-order valence-corrected chi connectivity index (χ0v) is 16.8. The summed E-state index contributed by atoms with van der Waals surface area (Å²) in [5.74, 6) is 1.01. The number of benzene rings is 2. The maximum absolute atomic E-state index is 12.5. The summed E-state index contributed by atoms with van der Waals surface area (Å²) in [4.78, 5) is 14.6. The number of anilines is 1. The Bertz CT molecular complexity index is 861. The number of hydrogen-bond acceptors (Lipinski definition) is 4. The van der Waals surface area contributed by atoms with Crippen molar-refractivity contribution in [2.24, 2.45) is 5.92 Å². The van der Waals surface area contributed by atoms with E-state index in [1.54, 1.807) is 30.5 Å². The Balaban J connectivity index is 1.53. The molecule has 2 aromatic carbocycles. The second-order valence-electron chi connectivity index (χ2n) is 7.24. The van der Waals surface area contributed by atoms with Crippen LogP contribution in [-0.2, 0) is 11.2 Å². The van der Waals surface area contributed by atoms with Crippen LogP contribution < -0.4 is 10.1 Å². The smallest absolute Gasteiger partial charge is 0.267 e. The first kappa shape index (κ1) is 20.5. The fourth-order valence-electron chi connectivity index (χ4n) is 3.55. The number of ether oxygens (including phenoxy) is 1. The molecule has 150 valence electrons. The van der Waals surface area contributed by atoms with E-state index in [0.717, 1.165) is 38.1 Å². The van der Waals surface area contributed by atoms with Gasteiger partial charge in [-0.2, -0.15) is 5.26 Å². The number of carbonyl (C=O) groups excluding carboxylic acids is 1. The van der Waals surface area contributed by atoms with E-state index in [-0.39, 0.29) is 11.5 Å². The van der Waals surface area contributed by atoms with Crippen molar-refractivity contribution in [1.82, 2.24) is 4.90 Å². The number of nitriles is 1. The van der Waals surface area contributed by atoms with Crippen molar-refractivity contribution in [3.63, 3.8) is 0 Å². The monoisotopic (exact) mass is 389 g/mol. The summed E-state index contributed by atoms with van der Waals surface area (Å²) in [5.41, 5.74) is 2.13. The lowest BCUT2D eigenvalue weighted by Gasteiger charge is -2.31. The zero-order chi connectivity index (χ0) is 20.5. The minimum atomic E-state index is -0.386. The van der Waals surface area contributed by atoms with E-state index in [0.29, 0.717) is 18.2 Å². The molecule has 5 nitrogen and oxygen atoms in total. The fourth-order valence-corrected chi connectivity index (χ4v) is 3.55. The van der Waals surface area contributed by atoms with Gasteiger partial charge < -0.3 is 15.0 Å². The average molecular weight is 389 g/mol. The minimum Gasteiger partial charge on any atom is -0.494 e. The standard InChI is InChI=1S/C24H27N3O2/c1-2-29-23-10-8-22(9-11-23)26-24(28)21(17-25)18-27-14-12-20(13-15-27)16-19-6-4-3-5-7-19/h3-11,18,20H,2,12-16H2,1H3,(H,26,28)/b21-18-. The predicted molar refractivity (Wildman–Crippen MR) is 114 cm³/mol. The van der Waals surface area contributed by atoms with Crippen LogP contribution in [0.2, 0.25) is 0 Å². The molecule has 1 aliphatic heterocycles. The summed E-state index contributed by atoms with van der Waals surface area (Å²) in [7, 11) is 0. The van der Waals surface area contributed by atoms with Gasteiger partial charge in [0.25, 0.3) is 5.91 Å². The lowest BCUT2D eigenvalue weighted by atomic mass is 9.90. The first-order valence-electron chi connectivity index (χ1n) is 10.1. The third kappa shape index (κ3) is 6.11. The molecule has 1 saturated heterocycles. The Morgan fingerprint density at radius 3 is 2.48 bits per heavy atom. The maximum atomic E-state index is 12.5. The van der Waals surface area contributed by atoms with Gasteiger partial charge in [0.15, 0.2) is 0 Å². The number of nitrogens with one attached hydrogen (secondary N) is 1. The molecular weight excluding hydrogens is 362 g/mol. The number of carbonyl (C=O) groups is 1. The summed E-state index contributed by atoms with van der Waals surface area (Å²) < 4.78 is 5.40. The Kier molecular flexibility index (Phi) is 7.29. The molecule has 1 N–H and O–H groups in total. The van der Waals surface area contributed by atoms with Crippen molar-refractivity contribution in [1.29, 1.82) is 5.26 Å². The van der Waals surface area contributed by atoms with Crippen molar-refractivity contribution < 1.29 is 9.53 Å². The highest BCUT2D eigenvalue weighted by molar-refractivity contribution is 6.06. The molecule has 0 aromatic heterocycles. The van der Waals surface area contributed by atoms with Crippen molar-refractivity contribution >= 4 is 11.6 Å². The van der Waals surface area contributed by atoms with E-state index in [1.807, 2.05) is 19.1 Å². The first-order valence-corrected chi connectivity index (χ1v) is 10.1. The van der Waals surface area contributed by atoms with Crippen molar-refractivity contribution in [3.05, 3.63) is 71.9 Å². The van der Waals surface area contributed by atoms with Gasteiger partial charge in [-0.25, -0.2) is 0 Å². The first-order chi connectivity index (χ1) is 14.2. The van der Waals surface area contributed by atoms with Crippen LogP contribution in [-0.4, -0.2) is 30.5 Å². The number of nitrogens with zero attached hydrogens (tertiary/aromatic N) is 2. The largest absolute Gasteiger partial charge is 0.494 e. The molecule has 1 amide bonds. The van der Waals surface area contributed by atoms with E-state index < -0.39 is 0 Å². The molecule has 0 aliphatic carbocycles. The van der Waals surface area contributed by atoms with Gasteiger partial charge in [-0.3, -0.25) is 4.79 Å². The van der Waals surface area contributed by atoms with Gasteiger partial charge >= 0.3 is 0 Å². The van der Waals surface area contributed by atoms with E-state index >= 15 is 0 Å². The average Bonchev–Trinajstić information content (AvgIpc) is 2.75. The van der Waals surface area contributed by atoms with Gasteiger partial charge in [0.1, 0.15) is 17.4 Å². The van der Waals surface area contributed by atoms with E-state index in [4.69, 9.17) is 4.74 Å². The highest BCUT2D eigenvalue weighted by Crippen LogP contribution is 2.22. The molecule has 0 unspecified atom stereocenters. The second kappa shape index (κ2) is 10.3. The number of likely N-dealkylation sites (tertiary alicyclic amines) is 1. The zero-order valence-electron chi connectivity index (χ0n) is 16.8. The van der Waals surface area contributed by atoms with Crippen LogP contribution in [0.1, 0.15) is 25.3 Å². The summed E-state index contributed by atoms with van der Waals surface area (Å²) >= 11 is 0. The van der Waals surface area contributed by atoms with E-state index in [2.05, 4.69) is 34.5 Å². The lowest BCUT2D eigenvalue weighted by Crippen LogP contribution is -2.31. The SMILES string of the molecule is CCOc1ccc(NC(=O)/C(C#N)=C\N2CCC(Cc3ccccc3)CC2)cc1. The molecule has 29 heavy (non-hydrogen) atoms. The summed E-state index contributed by atoms with van der Waals surface area (Å²) in [5, 5.41) is 12.2. The number of hydrogen-bond donors (Lipinski definition) is 1. The van der Waals surface area contributed by atoms with Gasteiger partial charge in [-0.05, 0) is 61.9 Å². The molecule has 0 spiro atoms. The van der Waals surface area contributed by atoms with Crippen LogP contribution in [0, 0.1) is 17.2 Å². The number of piperidine rings is 1. The second-order valence-corrected chi connectivity index (χ2v) is 7.24. The van der Waals surface area contributed by atoms with Gasteiger partial charge in [-0.15, -0.1) is 0 Å². The van der Waals surface area contributed by atoms with Crippen molar-refractivity contribution in [3.8, 4) is 11.8 Å². The Morgan fingerprint density at radius 2 is 1.86 bits per heavy atom. The molecule has 0 atom stereocenters. The number of amides is 1. The quantitative estimate of drug-likeness (QED) is 0.564. The highest BCUT2D eigenvalue weighted by Gasteiger charge is 2.19. The van der Waals surface area contributed by atoms with Crippen molar-refractivity contribution in [2.45, 2.75) is 26.2 Å². The lowest BCUT2D eigenvalue weighted by molar-refractivity contribution is -0.112. The van der Waals surface area contributed by atoms with Gasteiger partial charge in [-0.1, -0.05) is 30.3 Å². The van der Waals surface area contributed by atoms with Crippen LogP contribution in [0.15, 0.2) is 66.4 Å². The number of rotatable bonds is 7. The maximum Gasteiger partial charge on any atom is 0.267 e. The third-order valence-corrected chi connectivity index (χ3v) is 5.12. The van der Waals surface area contributed by atoms with Crippen LogP contribution in [0.5, 0.6) is 5.75 Å². The third-order valence-electron chi connectivity index (χ3n) is 5.12. The van der Waals surface area contributed by atoms with Crippen LogP contribution in [0.3, 0.4) is 0 Å². The molecule has 2 aromatic rings. The van der Waals surface area contributed by atoms with Crippen molar-refractivity contribution in [2.75, 3.05) is 25.0 Å². The molecule has 3 rings (SSSR count). The molecular formula is C24H27N3O2. The highest BCUT2D eigenvalue weighted by atomic mass is 16.5. The Labute approximate surface area is 172 Å². The van der Waals surface area contributed by atoms with Gasteiger partial charge in [0.05, 0.1) is 6.61 Å². The molecule has 1 heterocycles. The van der Waals surface area contributed by atoms with Gasteiger partial charge in [0, 0.05) is 25.0 Å². The van der Waals surface area contributed by atoms with E-state index in [9.17, 15) is 10.1 Å². The van der Waals surface area contributed by atoms with Crippen LogP contribution >= 0.6 is 0 Å². The molecule has 1 fully saturated rings.